The number of carbonyl (C=O) groups is 1. The highest BCUT2D eigenvalue weighted by Gasteiger charge is 2.14. The first-order chi connectivity index (χ1) is 6.56. The zero-order valence-corrected chi connectivity index (χ0v) is 10.9. The van der Waals surface area contributed by atoms with E-state index in [1.54, 1.807) is 19.2 Å². The van der Waals surface area contributed by atoms with Gasteiger partial charge in [0.05, 0.1) is 12.7 Å². The summed E-state index contributed by atoms with van der Waals surface area (Å²) in [5.41, 5.74) is 0.559. The molecule has 0 atom stereocenters. The molecule has 0 saturated heterocycles. The molecule has 0 unspecified atom stereocenters. The van der Waals surface area contributed by atoms with Gasteiger partial charge in [-0.3, -0.25) is 9.63 Å². The van der Waals surface area contributed by atoms with E-state index in [0.29, 0.717) is 5.56 Å². The fourth-order valence-corrected chi connectivity index (χ4v) is 1.69. The van der Waals surface area contributed by atoms with Crippen molar-refractivity contribution in [1.82, 2.24) is 5.06 Å². The van der Waals surface area contributed by atoms with E-state index >= 15 is 0 Å². The first kappa shape index (κ1) is 11.7. The van der Waals surface area contributed by atoms with Crippen molar-refractivity contribution in [3.05, 3.63) is 32.7 Å². The Hall–Kier alpha value is -0.390. The van der Waals surface area contributed by atoms with Crippen molar-refractivity contribution in [2.75, 3.05) is 14.2 Å². The van der Waals surface area contributed by atoms with Gasteiger partial charge in [0.25, 0.3) is 5.91 Å². The van der Waals surface area contributed by atoms with E-state index in [4.69, 9.17) is 4.84 Å². The molecule has 0 radical (unpaired) electrons. The van der Waals surface area contributed by atoms with Gasteiger partial charge in [-0.25, -0.2) is 5.06 Å². The molecule has 14 heavy (non-hydrogen) atoms. The number of hydrogen-bond donors (Lipinski definition) is 0. The van der Waals surface area contributed by atoms with Gasteiger partial charge in [-0.05, 0) is 34.1 Å². The molecule has 5 heteroatoms. The molecule has 1 amide bonds. The third kappa shape index (κ3) is 2.56. The maximum Gasteiger partial charge on any atom is 0.278 e. The molecule has 76 valence electrons. The Morgan fingerprint density at radius 1 is 1.43 bits per heavy atom. The fourth-order valence-electron chi connectivity index (χ4n) is 0.914. The van der Waals surface area contributed by atoms with E-state index < -0.39 is 0 Å². The summed E-state index contributed by atoms with van der Waals surface area (Å²) in [7, 11) is 3.01. The lowest BCUT2D eigenvalue weighted by Gasteiger charge is -2.14. The lowest BCUT2D eigenvalue weighted by molar-refractivity contribution is -0.0757. The molecule has 0 aliphatic heterocycles. The average molecular weight is 323 g/mol. The second-order valence-corrected chi connectivity index (χ2v) is 4.38. The van der Waals surface area contributed by atoms with Crippen molar-refractivity contribution in [3.8, 4) is 0 Å². The van der Waals surface area contributed by atoms with Crippen LogP contribution >= 0.6 is 31.9 Å². The molecule has 1 rings (SSSR count). The monoisotopic (exact) mass is 321 g/mol. The molecule has 0 aliphatic rings. The molecule has 0 aromatic heterocycles. The minimum Gasteiger partial charge on any atom is -0.274 e. The smallest absolute Gasteiger partial charge is 0.274 e. The Balaban J connectivity index is 3.06. The zero-order valence-electron chi connectivity index (χ0n) is 7.75. The third-order valence-corrected chi connectivity index (χ3v) is 2.90. The summed E-state index contributed by atoms with van der Waals surface area (Å²) < 4.78 is 1.60. The second-order valence-electron chi connectivity index (χ2n) is 2.61. The van der Waals surface area contributed by atoms with Crippen molar-refractivity contribution in [1.29, 1.82) is 0 Å². The average Bonchev–Trinajstić information content (AvgIpc) is 2.19. The first-order valence-electron chi connectivity index (χ1n) is 3.83. The molecule has 0 saturated carbocycles. The molecule has 0 bridgehead atoms. The van der Waals surface area contributed by atoms with Crippen molar-refractivity contribution in [3.63, 3.8) is 0 Å². The SMILES string of the molecule is CON(C)C(=O)c1cc(Br)ccc1Br. The number of hydroxylamine groups is 2. The summed E-state index contributed by atoms with van der Waals surface area (Å²) in [6.07, 6.45) is 0. The second kappa shape index (κ2) is 4.91. The highest BCUT2D eigenvalue weighted by molar-refractivity contribution is 9.11. The van der Waals surface area contributed by atoms with Gasteiger partial charge in [-0.1, -0.05) is 15.9 Å². The quantitative estimate of drug-likeness (QED) is 0.784. The standard InChI is InChI=1S/C9H9Br2NO2/c1-12(14-2)9(13)7-5-6(10)3-4-8(7)11/h3-5H,1-2H3. The zero-order chi connectivity index (χ0) is 10.7. The van der Waals surface area contributed by atoms with E-state index in [9.17, 15) is 4.79 Å². The van der Waals surface area contributed by atoms with Crippen LogP contribution in [0.3, 0.4) is 0 Å². The van der Waals surface area contributed by atoms with E-state index in [1.165, 1.54) is 12.2 Å². The van der Waals surface area contributed by atoms with Gasteiger partial charge in [0.15, 0.2) is 0 Å². The highest BCUT2D eigenvalue weighted by Crippen LogP contribution is 2.22. The predicted octanol–water partition coefficient (Wildman–Crippen LogP) is 2.85. The summed E-state index contributed by atoms with van der Waals surface area (Å²) in [4.78, 5) is 16.5. The highest BCUT2D eigenvalue weighted by atomic mass is 79.9. The number of amides is 1. The Labute approximate surface area is 99.3 Å². The molecule has 0 aliphatic carbocycles. The van der Waals surface area contributed by atoms with Crippen LogP contribution in [-0.2, 0) is 4.84 Å². The molecule has 1 aromatic rings. The predicted molar refractivity (Wildman–Crippen MR) is 60.9 cm³/mol. The Bertz CT molecular complexity index is 355. The van der Waals surface area contributed by atoms with Gasteiger partial charge in [-0.2, -0.15) is 0 Å². The van der Waals surface area contributed by atoms with Crippen LogP contribution in [0, 0.1) is 0 Å². The van der Waals surface area contributed by atoms with Gasteiger partial charge in [0, 0.05) is 16.0 Å². The van der Waals surface area contributed by atoms with Gasteiger partial charge in [0.1, 0.15) is 0 Å². The van der Waals surface area contributed by atoms with Gasteiger partial charge >= 0.3 is 0 Å². The molecule has 0 fully saturated rings. The van der Waals surface area contributed by atoms with Crippen LogP contribution in [0.5, 0.6) is 0 Å². The Morgan fingerprint density at radius 2 is 2.07 bits per heavy atom. The number of halogens is 2. The summed E-state index contributed by atoms with van der Waals surface area (Å²) in [5.74, 6) is -0.194. The summed E-state index contributed by atoms with van der Waals surface area (Å²) in [5, 5.41) is 1.17. The van der Waals surface area contributed by atoms with Crippen molar-refractivity contribution < 1.29 is 9.63 Å². The van der Waals surface area contributed by atoms with E-state index in [0.717, 1.165) is 8.95 Å². The van der Waals surface area contributed by atoms with Crippen LogP contribution in [-0.4, -0.2) is 25.1 Å². The lowest BCUT2D eigenvalue weighted by atomic mass is 10.2. The number of rotatable bonds is 2. The first-order valence-corrected chi connectivity index (χ1v) is 5.42. The maximum absolute atomic E-state index is 11.7. The number of benzene rings is 1. The molecule has 0 heterocycles. The van der Waals surface area contributed by atoms with Crippen LogP contribution in [0.4, 0.5) is 0 Å². The minimum absolute atomic E-state index is 0.194. The summed E-state index contributed by atoms with van der Waals surface area (Å²) >= 11 is 6.61. The number of hydrogen-bond acceptors (Lipinski definition) is 2. The summed E-state index contributed by atoms with van der Waals surface area (Å²) in [6, 6.07) is 5.40. The van der Waals surface area contributed by atoms with Crippen molar-refractivity contribution in [2.24, 2.45) is 0 Å². The van der Waals surface area contributed by atoms with Crippen LogP contribution in [0.1, 0.15) is 10.4 Å². The van der Waals surface area contributed by atoms with E-state index in [1.807, 2.05) is 6.07 Å². The Morgan fingerprint density at radius 3 is 2.64 bits per heavy atom. The van der Waals surface area contributed by atoms with Gasteiger partial charge < -0.3 is 0 Å². The van der Waals surface area contributed by atoms with Crippen LogP contribution in [0.25, 0.3) is 0 Å². The minimum atomic E-state index is -0.194. The van der Waals surface area contributed by atoms with Crippen LogP contribution in [0.2, 0.25) is 0 Å². The maximum atomic E-state index is 11.7. The van der Waals surface area contributed by atoms with Crippen LogP contribution in [0.15, 0.2) is 27.1 Å². The molecular formula is C9H9Br2NO2. The van der Waals surface area contributed by atoms with Crippen molar-refractivity contribution >= 4 is 37.8 Å². The Kier molecular flexibility index (Phi) is 4.10. The molecule has 0 N–H and O–H groups in total. The summed E-state index contributed by atoms with van der Waals surface area (Å²) in [6.45, 7) is 0. The van der Waals surface area contributed by atoms with Gasteiger partial charge in [-0.15, -0.1) is 0 Å². The largest absolute Gasteiger partial charge is 0.278 e. The van der Waals surface area contributed by atoms with Crippen LogP contribution < -0.4 is 0 Å². The normalized spacial score (nSPS) is 10.0. The number of nitrogens with zero attached hydrogens (tertiary/aromatic N) is 1. The number of carbonyl (C=O) groups excluding carboxylic acids is 1. The molecule has 3 nitrogen and oxygen atoms in total. The van der Waals surface area contributed by atoms with E-state index in [-0.39, 0.29) is 5.91 Å². The molecular weight excluding hydrogens is 314 g/mol. The van der Waals surface area contributed by atoms with Gasteiger partial charge in [0.2, 0.25) is 0 Å². The van der Waals surface area contributed by atoms with Crippen molar-refractivity contribution in [2.45, 2.75) is 0 Å². The lowest BCUT2D eigenvalue weighted by Crippen LogP contribution is -2.25. The third-order valence-electron chi connectivity index (χ3n) is 1.72. The van der Waals surface area contributed by atoms with E-state index in [2.05, 4.69) is 31.9 Å². The fraction of sp³-hybridized carbons (Fsp3) is 0.222. The topological polar surface area (TPSA) is 29.5 Å². The molecule has 0 spiro atoms. The molecule has 1 aromatic carbocycles.